The zero-order valence-corrected chi connectivity index (χ0v) is 14.0. The maximum Gasteiger partial charge on any atom is 0.410 e. The van der Waals surface area contributed by atoms with Crippen molar-refractivity contribution in [1.29, 1.82) is 0 Å². The van der Waals surface area contributed by atoms with Crippen molar-refractivity contribution >= 4 is 6.09 Å². The number of nitrogens with zero attached hydrogens (tertiary/aromatic N) is 1. The van der Waals surface area contributed by atoms with Crippen LogP contribution in [0.25, 0.3) is 0 Å². The molecule has 0 aromatic carbocycles. The highest BCUT2D eigenvalue weighted by atomic mass is 16.6. The number of nitrogens with one attached hydrogen (secondary N) is 1. The summed E-state index contributed by atoms with van der Waals surface area (Å²) in [6.45, 7) is 14.2. The van der Waals surface area contributed by atoms with E-state index in [9.17, 15) is 4.79 Å². The molecular formula is C16H28N2O3. The van der Waals surface area contributed by atoms with Crippen molar-refractivity contribution in [3.8, 4) is 0 Å². The molecule has 1 amide bonds. The predicted octanol–water partition coefficient (Wildman–Crippen LogP) is 2.36. The number of rotatable bonds is 0. The van der Waals surface area contributed by atoms with Gasteiger partial charge >= 0.3 is 6.09 Å². The number of amides is 1. The highest BCUT2D eigenvalue weighted by molar-refractivity contribution is 5.71. The Balaban J connectivity index is 2.01. The lowest BCUT2D eigenvalue weighted by atomic mass is 9.76. The van der Waals surface area contributed by atoms with Gasteiger partial charge in [0.25, 0.3) is 0 Å². The van der Waals surface area contributed by atoms with Crippen LogP contribution in [0.2, 0.25) is 0 Å². The minimum Gasteiger partial charge on any atom is -0.441 e. The molecule has 21 heavy (non-hydrogen) atoms. The summed E-state index contributed by atoms with van der Waals surface area (Å²) in [7, 11) is 0. The van der Waals surface area contributed by atoms with E-state index in [1.54, 1.807) is 0 Å². The van der Waals surface area contributed by atoms with Crippen LogP contribution in [-0.4, -0.2) is 47.1 Å². The molecule has 0 radical (unpaired) electrons. The number of cyclic esters (lactones) is 1. The zero-order valence-electron chi connectivity index (χ0n) is 14.0. The van der Waals surface area contributed by atoms with Crippen molar-refractivity contribution in [2.75, 3.05) is 13.1 Å². The van der Waals surface area contributed by atoms with E-state index in [0.29, 0.717) is 12.5 Å². The lowest BCUT2D eigenvalue weighted by Gasteiger charge is -2.44. The second-order valence-corrected chi connectivity index (χ2v) is 8.09. The molecule has 120 valence electrons. The summed E-state index contributed by atoms with van der Waals surface area (Å²) in [4.78, 5) is 14.1. The molecule has 3 aliphatic heterocycles. The molecule has 3 heterocycles. The number of hydrogen-bond acceptors (Lipinski definition) is 4. The Bertz CT molecular complexity index is 462. The van der Waals surface area contributed by atoms with Gasteiger partial charge in [-0.15, -0.1) is 0 Å². The first kappa shape index (κ1) is 15.1. The van der Waals surface area contributed by atoms with Gasteiger partial charge in [0.2, 0.25) is 0 Å². The van der Waals surface area contributed by atoms with E-state index in [-0.39, 0.29) is 29.4 Å². The van der Waals surface area contributed by atoms with Crippen LogP contribution in [0, 0.1) is 11.8 Å². The summed E-state index contributed by atoms with van der Waals surface area (Å²) < 4.78 is 12.1. The summed E-state index contributed by atoms with van der Waals surface area (Å²) in [6, 6.07) is 0.0383. The quantitative estimate of drug-likeness (QED) is 0.745. The van der Waals surface area contributed by atoms with Gasteiger partial charge in [-0.3, -0.25) is 10.2 Å². The molecule has 0 saturated carbocycles. The molecule has 1 N–H and O–H groups in total. The van der Waals surface area contributed by atoms with Crippen molar-refractivity contribution < 1.29 is 14.3 Å². The monoisotopic (exact) mass is 296 g/mol. The third-order valence-corrected chi connectivity index (χ3v) is 5.51. The van der Waals surface area contributed by atoms with Crippen LogP contribution in [0.15, 0.2) is 0 Å². The Morgan fingerprint density at radius 3 is 2.48 bits per heavy atom. The average molecular weight is 296 g/mol. The van der Waals surface area contributed by atoms with Gasteiger partial charge in [0.15, 0.2) is 0 Å². The van der Waals surface area contributed by atoms with Gasteiger partial charge in [-0.1, -0.05) is 13.8 Å². The summed E-state index contributed by atoms with van der Waals surface area (Å²) in [5, 5.41) is 3.63. The fourth-order valence-corrected chi connectivity index (χ4v) is 4.94. The maximum atomic E-state index is 12.2. The van der Waals surface area contributed by atoms with Gasteiger partial charge < -0.3 is 9.47 Å². The molecular weight excluding hydrogens is 268 g/mol. The van der Waals surface area contributed by atoms with Gasteiger partial charge in [-0.25, -0.2) is 4.79 Å². The molecule has 0 aliphatic carbocycles. The molecule has 0 aromatic rings. The summed E-state index contributed by atoms with van der Waals surface area (Å²) >= 11 is 0. The van der Waals surface area contributed by atoms with Crippen LogP contribution < -0.4 is 5.32 Å². The number of carbonyl (C=O) groups is 1. The van der Waals surface area contributed by atoms with Crippen molar-refractivity contribution in [3.63, 3.8) is 0 Å². The first-order chi connectivity index (χ1) is 9.59. The summed E-state index contributed by atoms with van der Waals surface area (Å²) in [5.41, 5.74) is -0.997. The predicted molar refractivity (Wildman–Crippen MR) is 79.9 cm³/mol. The van der Waals surface area contributed by atoms with Crippen molar-refractivity contribution in [3.05, 3.63) is 0 Å². The van der Waals surface area contributed by atoms with Crippen molar-refractivity contribution in [2.24, 2.45) is 11.8 Å². The van der Waals surface area contributed by atoms with Gasteiger partial charge in [-0.2, -0.15) is 0 Å². The molecule has 1 spiro atoms. The Morgan fingerprint density at radius 1 is 1.24 bits per heavy atom. The first-order valence-electron chi connectivity index (χ1n) is 8.04. The van der Waals surface area contributed by atoms with Crippen molar-refractivity contribution in [1.82, 2.24) is 10.2 Å². The van der Waals surface area contributed by atoms with Crippen LogP contribution in [0.1, 0.15) is 48.0 Å². The Morgan fingerprint density at radius 2 is 1.90 bits per heavy atom. The number of ether oxygens (including phenoxy) is 2. The molecule has 5 nitrogen and oxygen atoms in total. The lowest BCUT2D eigenvalue weighted by Crippen LogP contribution is -2.60. The van der Waals surface area contributed by atoms with Crippen LogP contribution in [-0.2, 0) is 9.47 Å². The molecule has 5 heteroatoms. The molecule has 0 aromatic heterocycles. The summed E-state index contributed by atoms with van der Waals surface area (Å²) in [5.74, 6) is 0.562. The Hall–Kier alpha value is -0.810. The standard InChI is InChI=1S/C16H28N2O3/c1-10-9-14(3,4)21-16(10)11(2)12-15(5,6)20-13(19)18(12)8-7-17-16/h10-12,17H,7-9H2,1-6H3. The lowest BCUT2D eigenvalue weighted by molar-refractivity contribution is -0.156. The largest absolute Gasteiger partial charge is 0.441 e. The van der Waals surface area contributed by atoms with E-state index in [1.165, 1.54) is 0 Å². The van der Waals surface area contributed by atoms with E-state index in [4.69, 9.17) is 9.47 Å². The second-order valence-electron chi connectivity index (χ2n) is 8.09. The highest BCUT2D eigenvalue weighted by Crippen LogP contribution is 2.50. The van der Waals surface area contributed by atoms with E-state index < -0.39 is 5.60 Å². The fraction of sp³-hybridized carbons (Fsp3) is 0.938. The van der Waals surface area contributed by atoms with Crippen LogP contribution >= 0.6 is 0 Å². The van der Waals surface area contributed by atoms with E-state index in [0.717, 1.165) is 13.0 Å². The third-order valence-electron chi connectivity index (χ3n) is 5.51. The van der Waals surface area contributed by atoms with Gasteiger partial charge in [0.05, 0.1) is 11.6 Å². The number of hydrogen-bond donors (Lipinski definition) is 1. The maximum absolute atomic E-state index is 12.2. The normalized spacial score (nSPS) is 44.6. The fourth-order valence-electron chi connectivity index (χ4n) is 4.94. The average Bonchev–Trinajstić information content (AvgIpc) is 2.60. The highest BCUT2D eigenvalue weighted by Gasteiger charge is 2.62. The molecule has 0 bridgehead atoms. The summed E-state index contributed by atoms with van der Waals surface area (Å²) in [6.07, 6.45) is 0.826. The second kappa shape index (κ2) is 4.35. The topological polar surface area (TPSA) is 50.8 Å². The van der Waals surface area contributed by atoms with Crippen LogP contribution in [0.5, 0.6) is 0 Å². The molecule has 3 aliphatic rings. The van der Waals surface area contributed by atoms with E-state index in [2.05, 4.69) is 33.0 Å². The van der Waals surface area contributed by atoms with Gasteiger partial charge in [-0.05, 0) is 34.1 Å². The van der Waals surface area contributed by atoms with Crippen LogP contribution in [0.4, 0.5) is 4.79 Å². The molecule has 3 saturated heterocycles. The third kappa shape index (κ3) is 2.08. The molecule has 4 unspecified atom stereocenters. The molecule has 3 rings (SSSR count). The molecule has 3 fully saturated rings. The van der Waals surface area contributed by atoms with Gasteiger partial charge in [0.1, 0.15) is 11.3 Å². The van der Waals surface area contributed by atoms with E-state index in [1.807, 2.05) is 18.7 Å². The Kier molecular flexibility index (Phi) is 3.13. The Labute approximate surface area is 127 Å². The van der Waals surface area contributed by atoms with E-state index >= 15 is 0 Å². The SMILES string of the molecule is CC1CC(C)(C)OC12NCCN1C(=O)OC(C)(C)C1C2C. The zero-order chi connectivity index (χ0) is 15.6. The van der Waals surface area contributed by atoms with Crippen molar-refractivity contribution in [2.45, 2.75) is 70.9 Å². The number of fused-ring (bicyclic) bond motifs is 1. The smallest absolute Gasteiger partial charge is 0.410 e. The number of carbonyl (C=O) groups excluding carboxylic acids is 1. The minimum atomic E-state index is -0.481. The minimum absolute atomic E-state index is 0.0383. The van der Waals surface area contributed by atoms with Crippen LogP contribution in [0.3, 0.4) is 0 Å². The first-order valence-corrected chi connectivity index (χ1v) is 8.04. The van der Waals surface area contributed by atoms with Gasteiger partial charge in [0, 0.05) is 24.9 Å². The molecule has 4 atom stereocenters.